The first kappa shape index (κ1) is 15.4. The molecule has 0 aromatic heterocycles. The Bertz CT molecular complexity index is 572. The SMILES string of the molecule is COc1ccc(F)cc1C(C)NS(=O)(=O)CC(=O)O. The lowest BCUT2D eigenvalue weighted by Crippen LogP contribution is -2.32. The van der Waals surface area contributed by atoms with Crippen molar-refractivity contribution in [3.05, 3.63) is 29.6 Å². The molecule has 1 aromatic rings. The van der Waals surface area contributed by atoms with Gasteiger partial charge in [-0.3, -0.25) is 4.79 Å². The predicted octanol–water partition coefficient (Wildman–Crippen LogP) is 0.899. The third-order valence-corrected chi connectivity index (χ3v) is 3.67. The minimum absolute atomic E-state index is 0.288. The molecule has 19 heavy (non-hydrogen) atoms. The van der Waals surface area contributed by atoms with Gasteiger partial charge in [0.05, 0.1) is 7.11 Å². The molecular weight excluding hydrogens is 277 g/mol. The van der Waals surface area contributed by atoms with Crippen LogP contribution in [0, 0.1) is 5.82 Å². The van der Waals surface area contributed by atoms with Crippen molar-refractivity contribution < 1.29 is 27.4 Å². The van der Waals surface area contributed by atoms with Gasteiger partial charge in [0.2, 0.25) is 10.0 Å². The molecule has 1 aromatic carbocycles. The van der Waals surface area contributed by atoms with Crippen molar-refractivity contribution in [2.75, 3.05) is 12.9 Å². The average molecular weight is 291 g/mol. The van der Waals surface area contributed by atoms with Crippen LogP contribution in [0.4, 0.5) is 4.39 Å². The monoisotopic (exact) mass is 291 g/mol. The van der Waals surface area contributed by atoms with Crippen LogP contribution in [-0.2, 0) is 14.8 Å². The summed E-state index contributed by atoms with van der Waals surface area (Å²) in [5, 5.41) is 8.47. The van der Waals surface area contributed by atoms with E-state index in [-0.39, 0.29) is 5.56 Å². The van der Waals surface area contributed by atoms with Gasteiger partial charge in [-0.1, -0.05) is 0 Å². The number of benzene rings is 1. The molecule has 0 fully saturated rings. The second-order valence-electron chi connectivity index (χ2n) is 3.88. The summed E-state index contributed by atoms with van der Waals surface area (Å²) in [5.41, 5.74) is 0.288. The number of ether oxygens (including phenoxy) is 1. The molecule has 0 saturated carbocycles. The first-order valence-corrected chi connectivity index (χ1v) is 6.95. The Morgan fingerprint density at radius 1 is 1.53 bits per heavy atom. The van der Waals surface area contributed by atoms with Crippen LogP contribution in [0.3, 0.4) is 0 Å². The van der Waals surface area contributed by atoms with E-state index < -0.39 is 33.6 Å². The van der Waals surface area contributed by atoms with Gasteiger partial charge in [0.1, 0.15) is 11.6 Å². The second-order valence-corrected chi connectivity index (χ2v) is 5.63. The number of aliphatic carboxylic acids is 1. The zero-order valence-electron chi connectivity index (χ0n) is 10.4. The summed E-state index contributed by atoms with van der Waals surface area (Å²) < 4.78 is 43.3. The van der Waals surface area contributed by atoms with E-state index in [1.54, 1.807) is 0 Å². The van der Waals surface area contributed by atoms with Crippen molar-refractivity contribution in [2.24, 2.45) is 0 Å². The fraction of sp³-hybridized carbons (Fsp3) is 0.364. The first-order chi connectivity index (χ1) is 8.75. The van der Waals surface area contributed by atoms with E-state index in [1.165, 1.54) is 26.2 Å². The third kappa shape index (κ3) is 4.49. The van der Waals surface area contributed by atoms with Gasteiger partial charge in [-0.05, 0) is 25.1 Å². The van der Waals surface area contributed by atoms with E-state index in [1.807, 2.05) is 0 Å². The van der Waals surface area contributed by atoms with Crippen molar-refractivity contribution in [3.8, 4) is 5.75 Å². The number of hydrogen-bond acceptors (Lipinski definition) is 4. The molecule has 8 heteroatoms. The molecule has 2 N–H and O–H groups in total. The minimum Gasteiger partial charge on any atom is -0.496 e. The van der Waals surface area contributed by atoms with E-state index in [4.69, 9.17) is 9.84 Å². The Morgan fingerprint density at radius 3 is 2.68 bits per heavy atom. The first-order valence-electron chi connectivity index (χ1n) is 5.30. The quantitative estimate of drug-likeness (QED) is 0.812. The number of rotatable bonds is 6. The van der Waals surface area contributed by atoms with Gasteiger partial charge in [0.15, 0.2) is 5.75 Å². The summed E-state index contributed by atoms with van der Waals surface area (Å²) >= 11 is 0. The molecule has 0 aliphatic heterocycles. The van der Waals surface area contributed by atoms with Crippen LogP contribution in [0.5, 0.6) is 5.75 Å². The van der Waals surface area contributed by atoms with Crippen molar-refractivity contribution in [1.29, 1.82) is 0 Å². The zero-order chi connectivity index (χ0) is 14.6. The molecule has 1 rings (SSSR count). The Balaban J connectivity index is 2.98. The van der Waals surface area contributed by atoms with Gasteiger partial charge in [-0.15, -0.1) is 0 Å². The molecule has 0 heterocycles. The second kappa shape index (κ2) is 5.98. The van der Waals surface area contributed by atoms with Gasteiger partial charge < -0.3 is 9.84 Å². The number of halogens is 1. The topological polar surface area (TPSA) is 92.7 Å². The number of carboxylic acids is 1. The van der Waals surface area contributed by atoms with E-state index in [2.05, 4.69) is 4.72 Å². The van der Waals surface area contributed by atoms with E-state index >= 15 is 0 Å². The van der Waals surface area contributed by atoms with E-state index in [9.17, 15) is 17.6 Å². The van der Waals surface area contributed by atoms with E-state index in [0.29, 0.717) is 5.75 Å². The van der Waals surface area contributed by atoms with Crippen LogP contribution in [0.15, 0.2) is 18.2 Å². The van der Waals surface area contributed by atoms with Crippen molar-refractivity contribution in [1.82, 2.24) is 4.72 Å². The molecule has 106 valence electrons. The smallest absolute Gasteiger partial charge is 0.320 e. The highest BCUT2D eigenvalue weighted by Crippen LogP contribution is 2.26. The molecular formula is C11H14FNO5S. The van der Waals surface area contributed by atoms with Crippen LogP contribution >= 0.6 is 0 Å². The van der Waals surface area contributed by atoms with Gasteiger partial charge in [0.25, 0.3) is 0 Å². The number of methoxy groups -OCH3 is 1. The average Bonchev–Trinajstić information content (AvgIpc) is 2.26. The Labute approximate surface area is 110 Å². The molecule has 6 nitrogen and oxygen atoms in total. The maximum Gasteiger partial charge on any atom is 0.320 e. The molecule has 0 radical (unpaired) electrons. The van der Waals surface area contributed by atoms with Crippen LogP contribution in [0.2, 0.25) is 0 Å². The number of hydrogen-bond donors (Lipinski definition) is 2. The molecule has 0 bridgehead atoms. The summed E-state index contributed by atoms with van der Waals surface area (Å²) in [6, 6.07) is 2.87. The summed E-state index contributed by atoms with van der Waals surface area (Å²) in [5.74, 6) is -2.74. The van der Waals surface area contributed by atoms with Gasteiger partial charge in [0, 0.05) is 11.6 Å². The van der Waals surface area contributed by atoms with Crippen LogP contribution in [0.25, 0.3) is 0 Å². The number of carboxylic acid groups (broad SMARTS) is 1. The summed E-state index contributed by atoms with van der Waals surface area (Å²) in [7, 11) is -2.62. The number of sulfonamides is 1. The van der Waals surface area contributed by atoms with Crippen molar-refractivity contribution >= 4 is 16.0 Å². The third-order valence-electron chi connectivity index (χ3n) is 2.33. The molecule has 0 amide bonds. The molecule has 0 spiro atoms. The molecule has 1 unspecified atom stereocenters. The van der Waals surface area contributed by atoms with Crippen LogP contribution in [0.1, 0.15) is 18.5 Å². The van der Waals surface area contributed by atoms with Crippen LogP contribution in [-0.4, -0.2) is 32.4 Å². The molecule has 0 aliphatic carbocycles. The predicted molar refractivity (Wildman–Crippen MR) is 65.9 cm³/mol. The minimum atomic E-state index is -3.99. The highest BCUT2D eigenvalue weighted by atomic mass is 32.2. The lowest BCUT2D eigenvalue weighted by atomic mass is 10.1. The maximum absolute atomic E-state index is 13.2. The Morgan fingerprint density at radius 2 is 2.16 bits per heavy atom. The van der Waals surface area contributed by atoms with E-state index in [0.717, 1.165) is 6.07 Å². The van der Waals surface area contributed by atoms with Crippen LogP contribution < -0.4 is 9.46 Å². The fourth-order valence-corrected chi connectivity index (χ4v) is 2.65. The fourth-order valence-electron chi connectivity index (χ4n) is 1.58. The molecule has 0 saturated heterocycles. The standard InChI is InChI=1S/C11H14FNO5S/c1-7(13-19(16,17)6-11(14)15)9-5-8(12)3-4-10(9)18-2/h3-5,7,13H,6H2,1-2H3,(H,14,15). The maximum atomic E-state index is 13.2. The Hall–Kier alpha value is -1.67. The summed E-state index contributed by atoms with van der Waals surface area (Å²) in [6.45, 7) is 1.47. The zero-order valence-corrected chi connectivity index (χ0v) is 11.2. The van der Waals surface area contributed by atoms with Crippen molar-refractivity contribution in [2.45, 2.75) is 13.0 Å². The number of carbonyl (C=O) groups is 1. The van der Waals surface area contributed by atoms with Gasteiger partial charge in [-0.2, -0.15) is 0 Å². The van der Waals surface area contributed by atoms with Crippen molar-refractivity contribution in [3.63, 3.8) is 0 Å². The largest absolute Gasteiger partial charge is 0.496 e. The Kier molecular flexibility index (Phi) is 4.84. The highest BCUT2D eigenvalue weighted by molar-refractivity contribution is 7.90. The normalized spacial score (nSPS) is 13.0. The van der Waals surface area contributed by atoms with Gasteiger partial charge in [-0.25, -0.2) is 17.5 Å². The highest BCUT2D eigenvalue weighted by Gasteiger charge is 2.21. The lowest BCUT2D eigenvalue weighted by Gasteiger charge is -2.16. The number of nitrogens with one attached hydrogen (secondary N) is 1. The molecule has 0 aliphatic rings. The lowest BCUT2D eigenvalue weighted by molar-refractivity contribution is -0.134. The van der Waals surface area contributed by atoms with Gasteiger partial charge >= 0.3 is 5.97 Å². The molecule has 1 atom stereocenters. The summed E-state index contributed by atoms with van der Waals surface area (Å²) in [4.78, 5) is 10.4. The summed E-state index contributed by atoms with van der Waals surface area (Å²) in [6.07, 6.45) is 0.